The number of carbonyl (C=O) groups excluding carboxylic acids is 3. The third kappa shape index (κ3) is 4.19. The first kappa shape index (κ1) is 28.1. The van der Waals surface area contributed by atoms with E-state index in [1.54, 1.807) is 14.0 Å². The minimum absolute atomic E-state index is 0.0435. The number of hydrogen-bond acceptors (Lipinski definition) is 12. The summed E-state index contributed by atoms with van der Waals surface area (Å²) >= 11 is 0. The topological polar surface area (TPSA) is 192 Å². The van der Waals surface area contributed by atoms with E-state index in [1.807, 2.05) is 0 Å². The average Bonchev–Trinajstić information content (AvgIpc) is 2.94. The zero-order valence-electron chi connectivity index (χ0n) is 22.1. The lowest BCUT2D eigenvalue weighted by molar-refractivity contribution is -0.249. The number of rotatable bonds is 6. The first-order valence-corrected chi connectivity index (χ1v) is 12.9. The van der Waals surface area contributed by atoms with Crippen molar-refractivity contribution in [2.45, 2.75) is 62.4 Å². The Morgan fingerprint density at radius 3 is 2.50 bits per heavy atom. The first-order valence-electron chi connectivity index (χ1n) is 12.9. The van der Waals surface area contributed by atoms with Gasteiger partial charge in [-0.25, -0.2) is 0 Å². The first-order chi connectivity index (χ1) is 19.0. The highest BCUT2D eigenvalue weighted by Crippen LogP contribution is 2.52. The zero-order valence-corrected chi connectivity index (χ0v) is 22.1. The van der Waals surface area contributed by atoms with E-state index in [-0.39, 0.29) is 34.4 Å². The molecule has 1 fully saturated rings. The van der Waals surface area contributed by atoms with Crippen molar-refractivity contribution in [3.63, 3.8) is 0 Å². The normalized spacial score (nSPS) is 29.4. The molecule has 1 aliphatic heterocycles. The van der Waals surface area contributed by atoms with E-state index >= 15 is 0 Å². The largest absolute Gasteiger partial charge is 0.507 e. The molecule has 2 aromatic rings. The molecule has 0 spiro atoms. The fraction of sp³-hybridized carbons (Fsp3) is 0.464. The number of phenolic OH excluding ortho intramolecular Hbond substituents is 2. The molecule has 214 valence electrons. The predicted octanol–water partition coefficient (Wildman–Crippen LogP) is 0.262. The smallest absolute Gasteiger partial charge is 0.202 e. The molecule has 6 atom stereocenters. The van der Waals surface area contributed by atoms with Crippen molar-refractivity contribution < 1.29 is 54.1 Å². The fourth-order valence-corrected chi connectivity index (χ4v) is 6.00. The maximum Gasteiger partial charge on any atom is 0.202 e. The van der Waals surface area contributed by atoms with Gasteiger partial charge in [-0.1, -0.05) is 12.1 Å². The second-order valence-electron chi connectivity index (χ2n) is 10.4. The van der Waals surface area contributed by atoms with E-state index in [0.29, 0.717) is 0 Å². The van der Waals surface area contributed by atoms with Crippen LogP contribution in [0.3, 0.4) is 0 Å². The van der Waals surface area contributed by atoms with Gasteiger partial charge in [0.2, 0.25) is 5.78 Å². The Balaban J connectivity index is 1.68. The Morgan fingerprint density at radius 1 is 1.15 bits per heavy atom. The summed E-state index contributed by atoms with van der Waals surface area (Å²) in [5, 5.41) is 57.1. The maximum atomic E-state index is 13.7. The molecule has 5 rings (SSSR count). The van der Waals surface area contributed by atoms with Crippen molar-refractivity contribution in [1.82, 2.24) is 5.32 Å². The van der Waals surface area contributed by atoms with Crippen LogP contribution >= 0.6 is 0 Å². The van der Waals surface area contributed by atoms with Crippen LogP contribution < -0.4 is 10.1 Å². The molecule has 0 bridgehead atoms. The van der Waals surface area contributed by atoms with Crippen molar-refractivity contribution in [3.8, 4) is 17.2 Å². The monoisotopic (exact) mass is 557 g/mol. The van der Waals surface area contributed by atoms with Gasteiger partial charge < -0.3 is 45.1 Å². The number of likely N-dealkylation sites (N-methyl/N-ethyl adjacent to an activating group) is 1. The van der Waals surface area contributed by atoms with E-state index in [0.717, 1.165) is 0 Å². The Labute approximate surface area is 229 Å². The van der Waals surface area contributed by atoms with Gasteiger partial charge in [-0.05, 0) is 20.0 Å². The minimum Gasteiger partial charge on any atom is -0.507 e. The summed E-state index contributed by atoms with van der Waals surface area (Å²) in [5.41, 5.74) is -3.52. The number of carbonyl (C=O) groups is 3. The van der Waals surface area contributed by atoms with Gasteiger partial charge in [-0.2, -0.15) is 0 Å². The van der Waals surface area contributed by atoms with Crippen LogP contribution in [0.1, 0.15) is 68.8 Å². The molecule has 3 aliphatic rings. The van der Waals surface area contributed by atoms with Crippen LogP contribution in [0.5, 0.6) is 17.2 Å². The van der Waals surface area contributed by atoms with Gasteiger partial charge >= 0.3 is 0 Å². The minimum atomic E-state index is -2.23. The lowest BCUT2D eigenvalue weighted by Gasteiger charge is -2.42. The number of hydrogen-bond donors (Lipinski definition) is 6. The van der Waals surface area contributed by atoms with Crippen LogP contribution in [0.4, 0.5) is 0 Å². The predicted molar refractivity (Wildman–Crippen MR) is 137 cm³/mol. The molecular formula is C28H31NO11. The van der Waals surface area contributed by atoms with Crippen LogP contribution in [0.25, 0.3) is 0 Å². The standard InChI is InChI=1S/C28H31NO11/c1-11-23(32)14(29-2)7-18(39-11)40-16-9-28(37,17(31)10-30)8-13-20(16)27(36)22-21(25(13)34)24(33)12-5-4-6-15(38-3)19(12)26(22)35/h4-6,11,14,16,18,23,29-30,32,34,36-37H,7-10H2,1-3H3/t11?,14?,16?,18?,23?,28-/m0/s1. The summed E-state index contributed by atoms with van der Waals surface area (Å²) in [6.45, 7) is 0.631. The quantitative estimate of drug-likeness (QED) is 0.227. The summed E-state index contributed by atoms with van der Waals surface area (Å²) in [4.78, 5) is 39.9. The van der Waals surface area contributed by atoms with Gasteiger partial charge in [0.1, 0.15) is 29.5 Å². The molecule has 12 heteroatoms. The molecular weight excluding hydrogens is 526 g/mol. The van der Waals surface area contributed by atoms with E-state index in [2.05, 4.69) is 5.32 Å². The number of phenols is 2. The molecule has 0 aromatic heterocycles. The third-order valence-electron chi connectivity index (χ3n) is 8.13. The number of nitrogens with one attached hydrogen (secondary N) is 1. The lowest BCUT2D eigenvalue weighted by Crippen LogP contribution is -2.53. The molecule has 0 amide bonds. The Hall–Kier alpha value is -3.39. The Kier molecular flexibility index (Phi) is 7.19. The maximum absolute atomic E-state index is 13.7. The number of fused-ring (bicyclic) bond motifs is 3. The number of ketones is 3. The van der Waals surface area contributed by atoms with E-state index in [4.69, 9.17) is 14.2 Å². The van der Waals surface area contributed by atoms with Crippen LogP contribution in [0, 0.1) is 0 Å². The molecule has 1 saturated heterocycles. The van der Waals surface area contributed by atoms with Gasteiger partial charge in [-0.3, -0.25) is 14.4 Å². The highest BCUT2D eigenvalue weighted by Gasteiger charge is 2.50. The molecule has 2 aromatic carbocycles. The van der Waals surface area contributed by atoms with Crippen molar-refractivity contribution in [2.24, 2.45) is 0 Å². The molecule has 5 unspecified atom stereocenters. The van der Waals surface area contributed by atoms with E-state index < -0.39 is 95.7 Å². The van der Waals surface area contributed by atoms with Gasteiger partial charge in [0.05, 0.1) is 42.1 Å². The van der Waals surface area contributed by atoms with Gasteiger partial charge in [0, 0.05) is 42.0 Å². The number of benzene rings is 2. The fourth-order valence-electron chi connectivity index (χ4n) is 6.00. The van der Waals surface area contributed by atoms with E-state index in [9.17, 15) is 39.9 Å². The summed E-state index contributed by atoms with van der Waals surface area (Å²) in [7, 11) is 2.99. The summed E-state index contributed by atoms with van der Waals surface area (Å²) in [6.07, 6.45) is -4.66. The second kappa shape index (κ2) is 10.2. The Bertz CT molecular complexity index is 1410. The van der Waals surface area contributed by atoms with Gasteiger partial charge in [-0.15, -0.1) is 0 Å². The summed E-state index contributed by atoms with van der Waals surface area (Å²) in [5.74, 6) is -3.69. The summed E-state index contributed by atoms with van der Waals surface area (Å²) in [6, 6.07) is 3.96. The number of aliphatic hydroxyl groups is 3. The van der Waals surface area contributed by atoms with Crippen LogP contribution in [0.15, 0.2) is 18.2 Å². The number of aliphatic hydroxyl groups excluding tert-OH is 2. The number of methoxy groups -OCH3 is 1. The van der Waals surface area contributed by atoms with Crippen LogP contribution in [0.2, 0.25) is 0 Å². The number of aromatic hydroxyl groups is 2. The van der Waals surface area contributed by atoms with Crippen molar-refractivity contribution in [3.05, 3.63) is 51.6 Å². The SMILES string of the molecule is CNC1CC(OC2C[C@](O)(C(=O)CO)Cc3c(O)c4c(c(O)c32)C(=O)c2c(OC)cccc2C4=O)OC(C)C1O. The van der Waals surface area contributed by atoms with Crippen molar-refractivity contribution >= 4 is 17.3 Å². The Morgan fingerprint density at radius 2 is 1.85 bits per heavy atom. The van der Waals surface area contributed by atoms with Crippen molar-refractivity contribution in [2.75, 3.05) is 20.8 Å². The molecule has 0 radical (unpaired) electrons. The molecule has 6 N–H and O–H groups in total. The van der Waals surface area contributed by atoms with Gasteiger partial charge in [0.15, 0.2) is 17.9 Å². The lowest BCUT2D eigenvalue weighted by atomic mass is 9.72. The third-order valence-corrected chi connectivity index (χ3v) is 8.13. The molecule has 2 aliphatic carbocycles. The van der Waals surface area contributed by atoms with Crippen LogP contribution in [-0.4, -0.2) is 93.8 Å². The molecule has 1 heterocycles. The molecule has 40 heavy (non-hydrogen) atoms. The van der Waals surface area contributed by atoms with Crippen LogP contribution in [-0.2, 0) is 20.7 Å². The van der Waals surface area contributed by atoms with E-state index in [1.165, 1.54) is 25.3 Å². The van der Waals surface area contributed by atoms with Crippen molar-refractivity contribution in [1.29, 1.82) is 0 Å². The molecule has 12 nitrogen and oxygen atoms in total. The highest BCUT2D eigenvalue weighted by atomic mass is 16.7. The second-order valence-corrected chi connectivity index (χ2v) is 10.4. The summed E-state index contributed by atoms with van der Waals surface area (Å²) < 4.78 is 17.2. The van der Waals surface area contributed by atoms with Gasteiger partial charge in [0.25, 0.3) is 0 Å². The number of Topliss-reactive ketones (excluding diaryl/α,β-unsaturated/α-hetero) is 1. The average molecular weight is 558 g/mol. The zero-order chi connectivity index (χ0) is 29.1. The molecule has 0 saturated carbocycles. The highest BCUT2D eigenvalue weighted by molar-refractivity contribution is 6.31. The number of ether oxygens (including phenoxy) is 3.